The largest absolute Gasteiger partial charge is 0.507 e. The molecule has 2 rings (SSSR count). The van der Waals surface area contributed by atoms with Crippen molar-refractivity contribution in [2.45, 2.75) is 0 Å². The van der Waals surface area contributed by atoms with E-state index < -0.39 is 0 Å². The molecule has 0 saturated carbocycles. The van der Waals surface area contributed by atoms with Crippen molar-refractivity contribution in [3.8, 4) is 5.75 Å². The summed E-state index contributed by atoms with van der Waals surface area (Å²) < 4.78 is 1.28. The Labute approximate surface area is 125 Å². The Morgan fingerprint density at radius 2 is 2.11 bits per heavy atom. The fourth-order valence-electron chi connectivity index (χ4n) is 1.22. The van der Waals surface area contributed by atoms with E-state index in [1.165, 1.54) is 18.5 Å². The van der Waals surface area contributed by atoms with Gasteiger partial charge >= 0.3 is 0 Å². The molecule has 92 valence electrons. The van der Waals surface area contributed by atoms with Crippen LogP contribution in [0.5, 0.6) is 5.75 Å². The second-order valence-corrected chi connectivity index (χ2v) is 5.32. The van der Waals surface area contributed by atoms with E-state index >= 15 is 0 Å². The van der Waals surface area contributed by atoms with Crippen molar-refractivity contribution in [1.29, 1.82) is 0 Å². The summed E-state index contributed by atoms with van der Waals surface area (Å²) in [5, 5.41) is 12.1. The maximum absolute atomic E-state index is 11.9. The summed E-state index contributed by atoms with van der Waals surface area (Å²) in [6, 6.07) is 4.70. The number of carbonyl (C=O) groups excluding carboxylic acids is 1. The van der Waals surface area contributed by atoms with Crippen LogP contribution in [0.2, 0.25) is 0 Å². The van der Waals surface area contributed by atoms with Crippen LogP contribution in [0, 0.1) is 3.57 Å². The fourth-order valence-corrected chi connectivity index (χ4v) is 1.76. The number of phenolic OH excluding ortho intramolecular Hbond substituents is 1. The monoisotopic (exact) mass is 419 g/mol. The van der Waals surface area contributed by atoms with Gasteiger partial charge in [-0.3, -0.25) is 4.79 Å². The van der Waals surface area contributed by atoms with Gasteiger partial charge in [-0.05, 0) is 56.7 Å². The molecule has 0 atom stereocenters. The summed E-state index contributed by atoms with van der Waals surface area (Å²) >= 11 is 5.14. The molecule has 2 N–H and O–H groups in total. The van der Waals surface area contributed by atoms with Crippen LogP contribution in [0.4, 0.5) is 5.82 Å². The summed E-state index contributed by atoms with van der Waals surface area (Å²) in [7, 11) is 0. The smallest absolute Gasteiger partial charge is 0.256 e. The van der Waals surface area contributed by atoms with E-state index in [1.54, 1.807) is 12.1 Å². The van der Waals surface area contributed by atoms with E-state index in [9.17, 15) is 9.90 Å². The van der Waals surface area contributed by atoms with Crippen molar-refractivity contribution >= 4 is 50.2 Å². The van der Waals surface area contributed by atoms with E-state index in [4.69, 9.17) is 0 Å². The van der Waals surface area contributed by atoms with Crippen molar-refractivity contribution in [3.63, 3.8) is 0 Å². The van der Waals surface area contributed by atoms with Gasteiger partial charge in [-0.1, -0.05) is 0 Å². The first-order valence-electron chi connectivity index (χ1n) is 4.83. The average Bonchev–Trinajstić information content (AvgIpc) is 2.35. The second-order valence-electron chi connectivity index (χ2n) is 3.34. The van der Waals surface area contributed by atoms with Crippen LogP contribution >= 0.6 is 38.5 Å². The Bertz CT molecular complexity index is 589. The number of aromatic nitrogens is 2. The summed E-state index contributed by atoms with van der Waals surface area (Å²) in [6.07, 6.45) is 2.93. The van der Waals surface area contributed by atoms with Crippen LogP contribution in [0.15, 0.2) is 35.2 Å². The standard InChI is InChI=1S/C11H7BrIN3O2/c12-9-4-15-10(5-14-9)16-11(18)6-1-2-7(13)8(17)3-6/h1-5,17H,(H,15,16,18). The lowest BCUT2D eigenvalue weighted by Gasteiger charge is -2.05. The Hall–Kier alpha value is -1.22. The number of hydrogen-bond donors (Lipinski definition) is 2. The maximum atomic E-state index is 11.9. The molecule has 0 spiro atoms. The van der Waals surface area contributed by atoms with Gasteiger partial charge in [-0.2, -0.15) is 0 Å². The lowest BCUT2D eigenvalue weighted by Crippen LogP contribution is -2.13. The molecule has 1 aromatic carbocycles. The zero-order chi connectivity index (χ0) is 13.1. The average molecular weight is 420 g/mol. The molecule has 0 saturated heterocycles. The molecule has 0 aliphatic heterocycles. The molecule has 18 heavy (non-hydrogen) atoms. The number of anilines is 1. The number of carbonyl (C=O) groups is 1. The highest BCUT2D eigenvalue weighted by Gasteiger charge is 2.09. The summed E-state index contributed by atoms with van der Waals surface area (Å²) in [5.41, 5.74) is 0.359. The quantitative estimate of drug-likeness (QED) is 0.734. The van der Waals surface area contributed by atoms with Gasteiger partial charge in [0.15, 0.2) is 5.82 Å². The third kappa shape index (κ3) is 3.16. The number of hydrogen-bond acceptors (Lipinski definition) is 4. The third-order valence-corrected chi connectivity index (χ3v) is 3.39. The van der Waals surface area contributed by atoms with Gasteiger partial charge < -0.3 is 10.4 Å². The third-order valence-electron chi connectivity index (χ3n) is 2.07. The van der Waals surface area contributed by atoms with Crippen molar-refractivity contribution in [2.24, 2.45) is 0 Å². The van der Waals surface area contributed by atoms with Crippen molar-refractivity contribution in [3.05, 3.63) is 44.3 Å². The molecule has 0 radical (unpaired) electrons. The molecule has 2 aromatic rings. The SMILES string of the molecule is O=C(Nc1cnc(Br)cn1)c1ccc(I)c(O)c1. The molecule has 7 heteroatoms. The minimum absolute atomic E-state index is 0.0742. The van der Waals surface area contributed by atoms with Gasteiger partial charge in [0.25, 0.3) is 5.91 Å². The van der Waals surface area contributed by atoms with Crippen LogP contribution in [0.1, 0.15) is 10.4 Å². The minimum Gasteiger partial charge on any atom is -0.507 e. The van der Waals surface area contributed by atoms with E-state index in [2.05, 4.69) is 31.2 Å². The number of phenols is 1. The van der Waals surface area contributed by atoms with E-state index in [0.717, 1.165) is 0 Å². The molecule has 0 bridgehead atoms. The molecule has 5 nitrogen and oxygen atoms in total. The van der Waals surface area contributed by atoms with E-state index in [-0.39, 0.29) is 11.7 Å². The first-order chi connectivity index (χ1) is 8.56. The lowest BCUT2D eigenvalue weighted by atomic mass is 10.2. The van der Waals surface area contributed by atoms with Crippen molar-refractivity contribution in [1.82, 2.24) is 9.97 Å². The molecule has 0 aliphatic carbocycles. The van der Waals surface area contributed by atoms with Gasteiger partial charge in [-0.15, -0.1) is 0 Å². The number of amides is 1. The molecular formula is C11H7BrIN3O2. The first kappa shape index (κ1) is 13.2. The maximum Gasteiger partial charge on any atom is 0.256 e. The number of aromatic hydroxyl groups is 1. The molecule has 0 fully saturated rings. The van der Waals surface area contributed by atoms with E-state index in [1.807, 2.05) is 22.6 Å². The molecular weight excluding hydrogens is 413 g/mol. The highest BCUT2D eigenvalue weighted by molar-refractivity contribution is 14.1. The van der Waals surface area contributed by atoms with Gasteiger partial charge in [0.05, 0.1) is 16.0 Å². The van der Waals surface area contributed by atoms with Crippen LogP contribution in [0.3, 0.4) is 0 Å². The van der Waals surface area contributed by atoms with Crippen LogP contribution in [0.25, 0.3) is 0 Å². The van der Waals surface area contributed by atoms with Crippen LogP contribution in [-0.2, 0) is 0 Å². The molecule has 1 aromatic heterocycles. The van der Waals surface area contributed by atoms with Crippen molar-refractivity contribution < 1.29 is 9.90 Å². The predicted molar refractivity (Wildman–Crippen MR) is 78.5 cm³/mol. The predicted octanol–water partition coefficient (Wildman–Crippen LogP) is 2.80. The molecule has 1 amide bonds. The molecule has 0 aliphatic rings. The zero-order valence-corrected chi connectivity index (χ0v) is 12.6. The van der Waals surface area contributed by atoms with Crippen LogP contribution in [-0.4, -0.2) is 21.0 Å². The second kappa shape index (κ2) is 5.61. The topological polar surface area (TPSA) is 75.1 Å². The number of nitrogens with zero attached hydrogens (tertiary/aromatic N) is 2. The Morgan fingerprint density at radius 3 is 2.72 bits per heavy atom. The van der Waals surface area contributed by atoms with Crippen molar-refractivity contribution in [2.75, 3.05) is 5.32 Å². The Kier molecular flexibility index (Phi) is 4.12. The molecule has 1 heterocycles. The summed E-state index contributed by atoms with van der Waals surface area (Å²) in [6.45, 7) is 0. The van der Waals surface area contributed by atoms with Crippen LogP contribution < -0.4 is 5.32 Å². The lowest BCUT2D eigenvalue weighted by molar-refractivity contribution is 0.102. The highest BCUT2D eigenvalue weighted by Crippen LogP contribution is 2.21. The fraction of sp³-hybridized carbons (Fsp3) is 0. The van der Waals surface area contributed by atoms with Gasteiger partial charge in [0, 0.05) is 5.56 Å². The van der Waals surface area contributed by atoms with E-state index in [0.29, 0.717) is 19.6 Å². The Balaban J connectivity index is 2.16. The number of halogens is 2. The number of rotatable bonds is 2. The summed E-state index contributed by atoms with van der Waals surface area (Å²) in [5.74, 6) is 0.0738. The number of benzene rings is 1. The minimum atomic E-state index is -0.349. The van der Waals surface area contributed by atoms with Gasteiger partial charge in [0.1, 0.15) is 10.4 Å². The Morgan fingerprint density at radius 1 is 1.33 bits per heavy atom. The highest BCUT2D eigenvalue weighted by atomic mass is 127. The number of nitrogens with one attached hydrogen (secondary N) is 1. The summed E-state index contributed by atoms with van der Waals surface area (Å²) in [4.78, 5) is 19.8. The van der Waals surface area contributed by atoms with Gasteiger partial charge in [0.2, 0.25) is 0 Å². The normalized spacial score (nSPS) is 10.1. The van der Waals surface area contributed by atoms with Gasteiger partial charge in [-0.25, -0.2) is 9.97 Å². The zero-order valence-electron chi connectivity index (χ0n) is 8.89. The first-order valence-corrected chi connectivity index (χ1v) is 6.71. The molecule has 0 unspecified atom stereocenters.